The van der Waals surface area contributed by atoms with E-state index in [4.69, 9.17) is 27.9 Å². The second-order valence-corrected chi connectivity index (χ2v) is 8.59. The zero-order valence-corrected chi connectivity index (χ0v) is 19.0. The summed E-state index contributed by atoms with van der Waals surface area (Å²) in [6, 6.07) is 16.3. The molecule has 0 atom stereocenters. The Bertz CT molecular complexity index is 1300. The van der Waals surface area contributed by atoms with Crippen molar-refractivity contribution in [3.8, 4) is 38.7 Å². The number of aryl methyl sites for hydroxylation is 1. The van der Waals surface area contributed by atoms with Gasteiger partial charge in [0.05, 0.1) is 28.4 Å². The highest BCUT2D eigenvalue weighted by Crippen LogP contribution is 2.35. The van der Waals surface area contributed by atoms with Crippen molar-refractivity contribution in [2.75, 3.05) is 7.11 Å². The Hall–Kier alpha value is -2.86. The van der Waals surface area contributed by atoms with E-state index >= 15 is 0 Å². The van der Waals surface area contributed by atoms with Crippen LogP contribution in [0.25, 0.3) is 33.0 Å². The van der Waals surface area contributed by atoms with Crippen molar-refractivity contribution in [3.05, 3.63) is 81.1 Å². The predicted molar refractivity (Wildman–Crippen MR) is 127 cm³/mol. The third-order valence-corrected chi connectivity index (χ3v) is 6.57. The lowest BCUT2D eigenvalue weighted by atomic mass is 9.94. The van der Waals surface area contributed by atoms with E-state index in [0.29, 0.717) is 15.6 Å². The van der Waals surface area contributed by atoms with Gasteiger partial charge in [-0.3, -0.25) is 0 Å². The second-order valence-electron chi connectivity index (χ2n) is 6.91. The smallest absolute Gasteiger partial charge is 0.336 e. The number of ether oxygens (including phenoxy) is 1. The number of hydrogen-bond acceptors (Lipinski definition) is 4. The number of carbonyl (C=O) groups is 1. The van der Waals surface area contributed by atoms with Gasteiger partial charge in [-0.2, -0.15) is 0 Å². The van der Waals surface area contributed by atoms with Crippen LogP contribution in [0.5, 0.6) is 5.75 Å². The molecular formula is C24H17Cl2NO3S. The van der Waals surface area contributed by atoms with Gasteiger partial charge < -0.3 is 9.84 Å². The molecule has 0 aliphatic carbocycles. The summed E-state index contributed by atoms with van der Waals surface area (Å²) in [7, 11) is 1.60. The lowest BCUT2D eigenvalue weighted by molar-refractivity contribution is 0.0698. The van der Waals surface area contributed by atoms with Crippen LogP contribution < -0.4 is 4.74 Å². The first-order chi connectivity index (χ1) is 14.9. The van der Waals surface area contributed by atoms with Crippen molar-refractivity contribution in [3.63, 3.8) is 0 Å². The summed E-state index contributed by atoms with van der Waals surface area (Å²) < 4.78 is 5.25. The van der Waals surface area contributed by atoms with E-state index < -0.39 is 5.97 Å². The highest BCUT2D eigenvalue weighted by molar-refractivity contribution is 7.13. The zero-order valence-electron chi connectivity index (χ0n) is 16.6. The molecule has 4 aromatic rings. The van der Waals surface area contributed by atoms with Gasteiger partial charge in [-0.05, 0) is 53.9 Å². The number of halogens is 2. The summed E-state index contributed by atoms with van der Waals surface area (Å²) in [6.45, 7) is 1.93. The van der Waals surface area contributed by atoms with E-state index in [1.807, 2.05) is 48.7 Å². The van der Waals surface area contributed by atoms with Crippen molar-refractivity contribution in [1.29, 1.82) is 0 Å². The molecule has 7 heteroatoms. The Morgan fingerprint density at radius 2 is 1.71 bits per heavy atom. The number of rotatable bonds is 5. The zero-order chi connectivity index (χ0) is 22.1. The first-order valence-corrected chi connectivity index (χ1v) is 10.9. The molecule has 0 bridgehead atoms. The maximum absolute atomic E-state index is 12.0. The molecule has 156 valence electrons. The van der Waals surface area contributed by atoms with E-state index in [2.05, 4.69) is 4.98 Å². The quantitative estimate of drug-likeness (QED) is 0.329. The fraction of sp³-hybridized carbons (Fsp3) is 0.0833. The topological polar surface area (TPSA) is 59.4 Å². The van der Waals surface area contributed by atoms with Crippen molar-refractivity contribution < 1.29 is 14.6 Å². The molecule has 1 N–H and O–H groups in total. The fourth-order valence-corrected chi connectivity index (χ4v) is 4.47. The number of carboxylic acid groups (broad SMARTS) is 1. The van der Waals surface area contributed by atoms with Gasteiger partial charge in [0.15, 0.2) is 0 Å². The molecule has 0 aliphatic rings. The molecule has 0 fully saturated rings. The molecule has 0 spiro atoms. The van der Waals surface area contributed by atoms with Gasteiger partial charge in [0.2, 0.25) is 0 Å². The van der Waals surface area contributed by atoms with Gasteiger partial charge in [0, 0.05) is 16.5 Å². The molecule has 4 rings (SSSR count). The number of hydrogen-bond donors (Lipinski definition) is 1. The minimum atomic E-state index is -0.992. The fourth-order valence-electron chi connectivity index (χ4n) is 3.35. The average Bonchev–Trinajstić information content (AvgIpc) is 3.25. The highest BCUT2D eigenvalue weighted by atomic mass is 35.5. The van der Waals surface area contributed by atoms with Gasteiger partial charge in [0.1, 0.15) is 10.8 Å². The number of methoxy groups -OCH3 is 1. The van der Waals surface area contributed by atoms with E-state index in [1.165, 1.54) is 11.3 Å². The molecule has 0 aliphatic heterocycles. The normalized spacial score (nSPS) is 10.8. The van der Waals surface area contributed by atoms with Gasteiger partial charge in [-0.15, -0.1) is 11.3 Å². The molecule has 1 aromatic heterocycles. The predicted octanol–water partition coefficient (Wildman–Crippen LogP) is 7.47. The Kier molecular flexibility index (Phi) is 6.01. The van der Waals surface area contributed by atoms with E-state index in [1.54, 1.807) is 25.3 Å². The Morgan fingerprint density at radius 3 is 2.39 bits per heavy atom. The molecule has 1 heterocycles. The van der Waals surface area contributed by atoms with Crippen LogP contribution in [-0.4, -0.2) is 23.2 Å². The van der Waals surface area contributed by atoms with Crippen LogP contribution in [0.1, 0.15) is 15.9 Å². The monoisotopic (exact) mass is 469 g/mol. The van der Waals surface area contributed by atoms with Crippen molar-refractivity contribution in [2.45, 2.75) is 6.92 Å². The number of thiazole rings is 1. The number of benzene rings is 3. The molecular weight excluding hydrogens is 453 g/mol. The molecule has 3 aromatic carbocycles. The number of aromatic nitrogens is 1. The first kappa shape index (κ1) is 21.4. The summed E-state index contributed by atoms with van der Waals surface area (Å²) in [6.07, 6.45) is 0. The van der Waals surface area contributed by atoms with Crippen LogP contribution in [0.3, 0.4) is 0 Å². The Morgan fingerprint density at radius 1 is 0.968 bits per heavy atom. The summed E-state index contributed by atoms with van der Waals surface area (Å²) in [5, 5.41) is 13.4. The Balaban J connectivity index is 1.74. The standard InChI is InChI=1S/C24H17Cl2NO3S/c1-13-9-16(30-2)5-7-17(13)18-6-3-15(10-19(18)24(28)29)23-27-22(12-31-23)14-4-8-20(25)21(26)11-14/h3-12H,1-2H3,(H,28,29). The van der Waals surface area contributed by atoms with E-state index in [9.17, 15) is 9.90 Å². The molecule has 31 heavy (non-hydrogen) atoms. The average molecular weight is 470 g/mol. The molecule has 4 nitrogen and oxygen atoms in total. The number of aromatic carboxylic acids is 1. The maximum atomic E-state index is 12.0. The summed E-state index contributed by atoms with van der Waals surface area (Å²) in [5.74, 6) is -0.263. The molecule has 0 unspecified atom stereocenters. The van der Waals surface area contributed by atoms with Gasteiger partial charge in [-0.1, -0.05) is 47.5 Å². The summed E-state index contributed by atoms with van der Waals surface area (Å²) >= 11 is 13.6. The molecule has 0 radical (unpaired) electrons. The van der Waals surface area contributed by atoms with Crippen LogP contribution in [0, 0.1) is 6.92 Å². The molecule has 0 saturated carbocycles. The third-order valence-electron chi connectivity index (χ3n) is 4.94. The van der Waals surface area contributed by atoms with E-state index in [0.717, 1.165) is 38.7 Å². The van der Waals surface area contributed by atoms with Crippen LogP contribution in [0.4, 0.5) is 0 Å². The minimum Gasteiger partial charge on any atom is -0.497 e. The largest absolute Gasteiger partial charge is 0.497 e. The summed E-state index contributed by atoms with van der Waals surface area (Å²) in [5.41, 5.74) is 5.00. The van der Waals surface area contributed by atoms with Gasteiger partial charge in [-0.25, -0.2) is 9.78 Å². The second kappa shape index (κ2) is 8.71. The van der Waals surface area contributed by atoms with Crippen LogP contribution in [-0.2, 0) is 0 Å². The third kappa shape index (κ3) is 4.30. The lowest BCUT2D eigenvalue weighted by Gasteiger charge is -2.12. The van der Waals surface area contributed by atoms with Crippen LogP contribution in [0.2, 0.25) is 10.0 Å². The number of nitrogens with zero attached hydrogens (tertiary/aromatic N) is 1. The first-order valence-electron chi connectivity index (χ1n) is 9.31. The van der Waals surface area contributed by atoms with Crippen molar-refractivity contribution >= 4 is 40.5 Å². The summed E-state index contributed by atoms with van der Waals surface area (Å²) in [4.78, 5) is 16.7. The maximum Gasteiger partial charge on any atom is 0.336 e. The van der Waals surface area contributed by atoms with Crippen molar-refractivity contribution in [1.82, 2.24) is 4.98 Å². The molecule has 0 saturated heterocycles. The lowest BCUT2D eigenvalue weighted by Crippen LogP contribution is -2.01. The van der Waals surface area contributed by atoms with E-state index in [-0.39, 0.29) is 5.56 Å². The Labute approximate surface area is 193 Å². The van der Waals surface area contributed by atoms with Crippen LogP contribution >= 0.6 is 34.5 Å². The SMILES string of the molecule is COc1ccc(-c2ccc(-c3nc(-c4ccc(Cl)c(Cl)c4)cs3)cc2C(=O)O)c(C)c1. The minimum absolute atomic E-state index is 0.219. The number of carboxylic acids is 1. The van der Waals surface area contributed by atoms with Gasteiger partial charge in [0.25, 0.3) is 0 Å². The van der Waals surface area contributed by atoms with Crippen LogP contribution in [0.15, 0.2) is 60.0 Å². The molecule has 0 amide bonds. The van der Waals surface area contributed by atoms with Gasteiger partial charge >= 0.3 is 5.97 Å². The highest BCUT2D eigenvalue weighted by Gasteiger charge is 2.17. The van der Waals surface area contributed by atoms with Crippen molar-refractivity contribution in [2.24, 2.45) is 0 Å².